The number of ether oxygens (including phenoxy) is 1. The Balaban J connectivity index is 1.64. The molecule has 0 N–H and O–H groups in total. The van der Waals surface area contributed by atoms with E-state index in [1.54, 1.807) is 48.2 Å². The van der Waals surface area contributed by atoms with Gasteiger partial charge in [-0.3, -0.25) is 4.79 Å². The summed E-state index contributed by atoms with van der Waals surface area (Å²) in [6, 6.07) is 12.9. The second-order valence-electron chi connectivity index (χ2n) is 5.24. The predicted octanol–water partition coefficient (Wildman–Crippen LogP) is 2.41. The number of thioether (sulfide) groups is 1. The predicted molar refractivity (Wildman–Crippen MR) is 93.2 cm³/mol. The van der Waals surface area contributed by atoms with E-state index in [1.807, 2.05) is 6.26 Å². The van der Waals surface area contributed by atoms with E-state index in [9.17, 15) is 18.0 Å². The summed E-state index contributed by atoms with van der Waals surface area (Å²) in [6.45, 7) is -0.424. The van der Waals surface area contributed by atoms with Crippen LogP contribution in [0.4, 0.5) is 0 Å². The second kappa shape index (κ2) is 6.89. The van der Waals surface area contributed by atoms with Gasteiger partial charge in [0.1, 0.15) is 11.5 Å². The molecule has 25 heavy (non-hydrogen) atoms. The van der Waals surface area contributed by atoms with Crippen LogP contribution in [0.3, 0.4) is 0 Å². The van der Waals surface area contributed by atoms with Crippen LogP contribution in [-0.2, 0) is 14.8 Å². The molecule has 2 aromatic carbocycles. The largest absolute Gasteiger partial charge is 0.460 e. The zero-order valence-corrected chi connectivity index (χ0v) is 15.0. The van der Waals surface area contributed by atoms with Crippen LogP contribution in [0.2, 0.25) is 0 Å². The van der Waals surface area contributed by atoms with Gasteiger partial charge in [-0.05, 0) is 42.7 Å². The van der Waals surface area contributed by atoms with Crippen molar-refractivity contribution in [1.29, 1.82) is 0 Å². The fourth-order valence-electron chi connectivity index (χ4n) is 2.48. The molecule has 0 atom stereocenters. The van der Waals surface area contributed by atoms with Crippen LogP contribution in [0, 0.1) is 0 Å². The minimum absolute atomic E-state index is 0.0148. The number of hydrogen-bond donors (Lipinski definition) is 0. The lowest BCUT2D eigenvalue weighted by atomic mass is 10.2. The summed E-state index contributed by atoms with van der Waals surface area (Å²) >= 11 is 1.55. The number of benzene rings is 2. The van der Waals surface area contributed by atoms with Gasteiger partial charge >= 0.3 is 5.97 Å². The normalized spacial score (nSPS) is 15.1. The van der Waals surface area contributed by atoms with Gasteiger partial charge in [-0.1, -0.05) is 12.1 Å². The van der Waals surface area contributed by atoms with E-state index in [0.717, 1.165) is 9.20 Å². The van der Waals surface area contributed by atoms with Crippen LogP contribution in [0.15, 0.2) is 58.3 Å². The fourth-order valence-corrected chi connectivity index (χ4v) is 4.44. The van der Waals surface area contributed by atoms with Gasteiger partial charge in [-0.25, -0.2) is 17.5 Å². The third-order valence-corrected chi connectivity index (χ3v) is 6.35. The van der Waals surface area contributed by atoms with Crippen molar-refractivity contribution in [3.8, 4) is 0 Å². The van der Waals surface area contributed by atoms with Crippen LogP contribution in [0.5, 0.6) is 0 Å². The molecule has 0 aliphatic carbocycles. The molecule has 3 rings (SSSR count). The van der Waals surface area contributed by atoms with Crippen LogP contribution >= 0.6 is 11.8 Å². The molecule has 0 radical (unpaired) electrons. The highest BCUT2D eigenvalue weighted by Crippen LogP contribution is 2.29. The summed E-state index contributed by atoms with van der Waals surface area (Å²) in [5, 5.41) is 0. The summed E-state index contributed by atoms with van der Waals surface area (Å²) in [4.78, 5) is 25.2. The summed E-state index contributed by atoms with van der Waals surface area (Å²) in [5.41, 5.74) is 0.512. The summed E-state index contributed by atoms with van der Waals surface area (Å²) < 4.78 is 30.6. The van der Waals surface area contributed by atoms with Crippen molar-refractivity contribution in [3.63, 3.8) is 0 Å². The van der Waals surface area contributed by atoms with Crippen molar-refractivity contribution < 1.29 is 22.7 Å². The van der Waals surface area contributed by atoms with Gasteiger partial charge in [-0.2, -0.15) is 0 Å². The Morgan fingerprint density at radius 1 is 1.12 bits per heavy atom. The van der Waals surface area contributed by atoms with Gasteiger partial charge in [0.15, 0.2) is 0 Å². The lowest BCUT2D eigenvalue weighted by molar-refractivity contribution is 0.0477. The molecule has 0 fully saturated rings. The smallest absolute Gasteiger partial charge is 0.338 e. The number of hydrogen-bond acceptors (Lipinski definition) is 6. The van der Waals surface area contributed by atoms with Crippen LogP contribution < -0.4 is 0 Å². The molecule has 130 valence electrons. The van der Waals surface area contributed by atoms with E-state index in [0.29, 0.717) is 5.56 Å². The fraction of sp³-hybridized carbons (Fsp3) is 0.176. The lowest BCUT2D eigenvalue weighted by Crippen LogP contribution is -2.33. The number of carbonyl (C=O) groups is 2. The zero-order valence-electron chi connectivity index (χ0n) is 13.3. The molecule has 1 heterocycles. The number of fused-ring (bicyclic) bond motifs is 1. The maximum atomic E-state index is 12.4. The minimum Gasteiger partial charge on any atom is -0.460 e. The Hall–Kier alpha value is -2.32. The summed E-state index contributed by atoms with van der Waals surface area (Å²) in [5.74, 6) is -1.16. The Morgan fingerprint density at radius 2 is 1.80 bits per heavy atom. The van der Waals surface area contributed by atoms with Crippen LogP contribution in [-0.4, -0.2) is 44.0 Å². The molecule has 0 saturated carbocycles. The lowest BCUT2D eigenvalue weighted by Gasteiger charge is -2.15. The van der Waals surface area contributed by atoms with E-state index in [2.05, 4.69) is 0 Å². The third kappa shape index (κ3) is 3.27. The number of carbonyl (C=O) groups excluding carboxylic acids is 2. The molecule has 0 spiro atoms. The first-order chi connectivity index (χ1) is 11.9. The van der Waals surface area contributed by atoms with E-state index in [-0.39, 0.29) is 23.6 Å². The van der Waals surface area contributed by atoms with E-state index in [4.69, 9.17) is 4.74 Å². The molecule has 0 saturated heterocycles. The average molecular weight is 377 g/mol. The Labute approximate surface area is 149 Å². The van der Waals surface area contributed by atoms with Crippen LogP contribution in [0.25, 0.3) is 0 Å². The third-order valence-electron chi connectivity index (χ3n) is 3.77. The van der Waals surface area contributed by atoms with E-state index in [1.165, 1.54) is 12.1 Å². The molecular weight excluding hydrogens is 362 g/mol. The number of nitrogens with zero attached hydrogens (tertiary/aromatic N) is 1. The molecule has 6 nitrogen and oxygen atoms in total. The molecule has 1 amide bonds. The van der Waals surface area contributed by atoms with Crippen molar-refractivity contribution in [1.82, 2.24) is 4.31 Å². The maximum Gasteiger partial charge on any atom is 0.338 e. The molecule has 1 aliphatic rings. The SMILES string of the molecule is CSc1ccc(C(=O)OCCN2C(=O)c3ccccc3S2(=O)=O)cc1. The Kier molecular flexibility index (Phi) is 4.82. The molecular formula is C17H15NO5S2. The number of amides is 1. The first-order valence-corrected chi connectivity index (χ1v) is 10.1. The molecule has 0 unspecified atom stereocenters. The number of sulfonamides is 1. The number of rotatable bonds is 5. The second-order valence-corrected chi connectivity index (χ2v) is 7.95. The van der Waals surface area contributed by atoms with Crippen molar-refractivity contribution in [2.75, 3.05) is 19.4 Å². The van der Waals surface area contributed by atoms with Gasteiger partial charge in [0.25, 0.3) is 15.9 Å². The Morgan fingerprint density at radius 3 is 2.44 bits per heavy atom. The molecule has 2 aromatic rings. The standard InChI is InChI=1S/C17H15NO5S2/c1-24-13-8-6-12(7-9-13)17(20)23-11-10-18-16(19)14-4-2-3-5-15(14)25(18,21)22/h2-9H,10-11H2,1H3. The van der Waals surface area contributed by atoms with Crippen molar-refractivity contribution >= 4 is 33.7 Å². The maximum absolute atomic E-state index is 12.4. The van der Waals surface area contributed by atoms with Crippen molar-refractivity contribution in [2.45, 2.75) is 9.79 Å². The highest BCUT2D eigenvalue weighted by Gasteiger charge is 2.40. The molecule has 0 aromatic heterocycles. The zero-order chi connectivity index (χ0) is 18.0. The first kappa shape index (κ1) is 17.5. The van der Waals surface area contributed by atoms with Crippen molar-refractivity contribution in [2.24, 2.45) is 0 Å². The van der Waals surface area contributed by atoms with Crippen LogP contribution in [0.1, 0.15) is 20.7 Å². The summed E-state index contributed by atoms with van der Waals surface area (Å²) in [6.07, 6.45) is 1.93. The highest BCUT2D eigenvalue weighted by atomic mass is 32.2. The topological polar surface area (TPSA) is 80.8 Å². The van der Waals surface area contributed by atoms with Gasteiger partial charge in [0.05, 0.1) is 17.7 Å². The van der Waals surface area contributed by atoms with Gasteiger partial charge in [-0.15, -0.1) is 11.8 Å². The first-order valence-electron chi connectivity index (χ1n) is 7.42. The molecule has 8 heteroatoms. The summed E-state index contributed by atoms with van der Waals surface area (Å²) in [7, 11) is -3.88. The van der Waals surface area contributed by atoms with E-state index >= 15 is 0 Å². The minimum atomic E-state index is -3.88. The highest BCUT2D eigenvalue weighted by molar-refractivity contribution is 7.98. The quantitative estimate of drug-likeness (QED) is 0.588. The van der Waals surface area contributed by atoms with E-state index < -0.39 is 21.9 Å². The van der Waals surface area contributed by atoms with Gasteiger partial charge < -0.3 is 4.74 Å². The van der Waals surface area contributed by atoms with Gasteiger partial charge in [0.2, 0.25) is 0 Å². The monoisotopic (exact) mass is 377 g/mol. The average Bonchev–Trinajstić information content (AvgIpc) is 2.82. The van der Waals surface area contributed by atoms with Gasteiger partial charge in [0, 0.05) is 4.90 Å². The number of esters is 1. The molecule has 0 bridgehead atoms. The Bertz CT molecular complexity index is 922. The molecule has 1 aliphatic heterocycles. The van der Waals surface area contributed by atoms with Crippen molar-refractivity contribution in [3.05, 3.63) is 59.7 Å².